The quantitative estimate of drug-likeness (QED) is 0.511. The SMILES string of the molecule is CCN1CCN(c2ccc(CNC(=NC)NCc3ccccc3OC(C)(C)C)cn2)CC1. The van der Waals surface area contributed by atoms with Gasteiger partial charge in [-0.1, -0.05) is 31.2 Å². The number of piperazine rings is 1. The lowest BCUT2D eigenvalue weighted by molar-refractivity contribution is 0.129. The van der Waals surface area contributed by atoms with E-state index in [1.807, 2.05) is 24.4 Å². The van der Waals surface area contributed by atoms with Crippen molar-refractivity contribution in [2.45, 2.75) is 46.4 Å². The molecule has 2 N–H and O–H groups in total. The normalized spacial score (nSPS) is 15.5. The summed E-state index contributed by atoms with van der Waals surface area (Å²) in [5, 5.41) is 6.75. The molecule has 1 aliphatic rings. The molecular formula is C25H38N6O. The van der Waals surface area contributed by atoms with Crippen LogP contribution >= 0.6 is 0 Å². The minimum absolute atomic E-state index is 0.237. The predicted molar refractivity (Wildman–Crippen MR) is 132 cm³/mol. The Bertz CT molecular complexity index is 867. The van der Waals surface area contributed by atoms with Crippen molar-refractivity contribution in [3.63, 3.8) is 0 Å². The zero-order valence-corrected chi connectivity index (χ0v) is 20.2. The molecule has 2 heterocycles. The number of anilines is 1. The first-order chi connectivity index (χ1) is 15.4. The first-order valence-electron chi connectivity index (χ1n) is 11.5. The maximum atomic E-state index is 6.09. The van der Waals surface area contributed by atoms with Crippen molar-refractivity contribution in [1.29, 1.82) is 0 Å². The number of para-hydroxylation sites is 1. The van der Waals surface area contributed by atoms with E-state index in [1.54, 1.807) is 7.05 Å². The molecule has 0 unspecified atom stereocenters. The minimum atomic E-state index is -0.237. The van der Waals surface area contributed by atoms with Gasteiger partial charge in [-0.25, -0.2) is 4.98 Å². The standard InChI is InChI=1S/C25H38N6O/c1-6-30-13-15-31(16-14-30)23-12-11-20(17-27-23)18-28-24(26-5)29-19-21-9-7-8-10-22(21)32-25(2,3)4/h7-12,17H,6,13-16,18-19H2,1-5H3,(H2,26,28,29). The number of nitrogens with one attached hydrogen (secondary N) is 2. The second-order valence-electron chi connectivity index (χ2n) is 9.05. The summed E-state index contributed by atoms with van der Waals surface area (Å²) in [4.78, 5) is 13.9. The Morgan fingerprint density at radius 3 is 2.38 bits per heavy atom. The number of hydrogen-bond acceptors (Lipinski definition) is 5. The van der Waals surface area contributed by atoms with Crippen molar-refractivity contribution in [1.82, 2.24) is 20.5 Å². The molecule has 0 atom stereocenters. The third kappa shape index (κ3) is 7.12. The molecule has 174 valence electrons. The molecule has 0 amide bonds. The number of ether oxygens (including phenoxy) is 1. The van der Waals surface area contributed by atoms with Crippen LogP contribution in [-0.2, 0) is 13.1 Å². The van der Waals surface area contributed by atoms with Gasteiger partial charge in [0, 0.05) is 58.1 Å². The first kappa shape index (κ1) is 23.9. The zero-order chi connectivity index (χ0) is 23.0. The van der Waals surface area contributed by atoms with E-state index in [2.05, 4.69) is 76.3 Å². The maximum absolute atomic E-state index is 6.09. The monoisotopic (exact) mass is 438 g/mol. The number of hydrogen-bond donors (Lipinski definition) is 2. The number of guanidine groups is 1. The summed E-state index contributed by atoms with van der Waals surface area (Å²) in [6, 6.07) is 12.4. The first-order valence-corrected chi connectivity index (χ1v) is 11.5. The van der Waals surface area contributed by atoms with Crippen LogP contribution in [0, 0.1) is 0 Å². The van der Waals surface area contributed by atoms with Crippen molar-refractivity contribution < 1.29 is 4.74 Å². The Morgan fingerprint density at radius 1 is 1.03 bits per heavy atom. The molecule has 0 aliphatic carbocycles. The van der Waals surface area contributed by atoms with Crippen LogP contribution in [0.4, 0.5) is 5.82 Å². The highest BCUT2D eigenvalue weighted by Crippen LogP contribution is 2.22. The highest BCUT2D eigenvalue weighted by atomic mass is 16.5. The lowest BCUT2D eigenvalue weighted by Gasteiger charge is -2.34. The number of rotatable bonds is 7. The van der Waals surface area contributed by atoms with Crippen molar-refractivity contribution in [3.05, 3.63) is 53.7 Å². The van der Waals surface area contributed by atoms with E-state index in [0.717, 1.165) is 61.4 Å². The van der Waals surface area contributed by atoms with Crippen molar-refractivity contribution in [2.75, 3.05) is 44.7 Å². The summed E-state index contributed by atoms with van der Waals surface area (Å²) in [6.45, 7) is 15.1. The molecule has 7 heteroatoms. The predicted octanol–water partition coefficient (Wildman–Crippen LogP) is 3.27. The van der Waals surface area contributed by atoms with Gasteiger partial charge >= 0.3 is 0 Å². The molecular weight excluding hydrogens is 400 g/mol. The average molecular weight is 439 g/mol. The summed E-state index contributed by atoms with van der Waals surface area (Å²) in [5.41, 5.74) is 1.98. The second kappa shape index (κ2) is 11.2. The van der Waals surface area contributed by atoms with Gasteiger partial charge in [0.1, 0.15) is 17.2 Å². The van der Waals surface area contributed by atoms with E-state index in [9.17, 15) is 0 Å². The maximum Gasteiger partial charge on any atom is 0.191 e. The van der Waals surface area contributed by atoms with E-state index in [4.69, 9.17) is 4.74 Å². The van der Waals surface area contributed by atoms with Crippen LogP contribution in [0.15, 0.2) is 47.6 Å². The van der Waals surface area contributed by atoms with Gasteiger partial charge < -0.3 is 25.2 Å². The summed E-state index contributed by atoms with van der Waals surface area (Å²) in [6.07, 6.45) is 1.95. The Kier molecular flexibility index (Phi) is 8.33. The van der Waals surface area contributed by atoms with Gasteiger partial charge in [0.2, 0.25) is 0 Å². The average Bonchev–Trinajstić information content (AvgIpc) is 2.79. The van der Waals surface area contributed by atoms with Gasteiger partial charge in [-0.2, -0.15) is 0 Å². The Labute approximate surface area is 192 Å². The third-order valence-electron chi connectivity index (χ3n) is 5.47. The third-order valence-corrected chi connectivity index (χ3v) is 5.47. The molecule has 1 fully saturated rings. The summed E-state index contributed by atoms with van der Waals surface area (Å²) >= 11 is 0. The minimum Gasteiger partial charge on any atom is -0.488 e. The van der Waals surface area contributed by atoms with Crippen LogP contribution in [0.2, 0.25) is 0 Å². The van der Waals surface area contributed by atoms with Crippen LogP contribution < -0.4 is 20.3 Å². The van der Waals surface area contributed by atoms with E-state index >= 15 is 0 Å². The van der Waals surface area contributed by atoms with Gasteiger partial charge in [-0.3, -0.25) is 4.99 Å². The molecule has 7 nitrogen and oxygen atoms in total. The molecule has 32 heavy (non-hydrogen) atoms. The fourth-order valence-electron chi connectivity index (χ4n) is 3.67. The number of nitrogens with zero attached hydrogens (tertiary/aromatic N) is 4. The van der Waals surface area contributed by atoms with E-state index in [0.29, 0.717) is 13.1 Å². The molecule has 3 rings (SSSR count). The number of pyridine rings is 1. The fraction of sp³-hybridized carbons (Fsp3) is 0.520. The second-order valence-corrected chi connectivity index (χ2v) is 9.05. The van der Waals surface area contributed by atoms with Gasteiger partial charge in [0.25, 0.3) is 0 Å². The number of aromatic nitrogens is 1. The smallest absolute Gasteiger partial charge is 0.191 e. The van der Waals surface area contributed by atoms with Gasteiger partial charge in [-0.05, 0) is 45.0 Å². The van der Waals surface area contributed by atoms with Crippen molar-refractivity contribution >= 4 is 11.8 Å². The van der Waals surface area contributed by atoms with E-state index in [-0.39, 0.29) is 5.60 Å². The highest BCUT2D eigenvalue weighted by Gasteiger charge is 2.17. The van der Waals surface area contributed by atoms with Crippen molar-refractivity contribution in [3.8, 4) is 5.75 Å². The lowest BCUT2D eigenvalue weighted by Crippen LogP contribution is -2.46. The Morgan fingerprint density at radius 2 is 1.75 bits per heavy atom. The summed E-state index contributed by atoms with van der Waals surface area (Å²) in [5.74, 6) is 2.69. The largest absolute Gasteiger partial charge is 0.488 e. The number of aliphatic imine (C=N–C) groups is 1. The van der Waals surface area contributed by atoms with Crippen LogP contribution in [0.1, 0.15) is 38.8 Å². The molecule has 0 radical (unpaired) electrons. The molecule has 1 aromatic carbocycles. The van der Waals surface area contributed by atoms with Crippen LogP contribution in [0.3, 0.4) is 0 Å². The van der Waals surface area contributed by atoms with Crippen LogP contribution in [0.25, 0.3) is 0 Å². The Balaban J connectivity index is 1.50. The van der Waals surface area contributed by atoms with Gasteiger partial charge in [-0.15, -0.1) is 0 Å². The molecule has 0 saturated carbocycles. The molecule has 1 saturated heterocycles. The number of benzene rings is 1. The lowest BCUT2D eigenvalue weighted by atomic mass is 10.1. The van der Waals surface area contributed by atoms with E-state index in [1.165, 1.54) is 0 Å². The molecule has 0 bridgehead atoms. The van der Waals surface area contributed by atoms with E-state index < -0.39 is 0 Å². The summed E-state index contributed by atoms with van der Waals surface area (Å²) in [7, 11) is 1.78. The molecule has 0 spiro atoms. The van der Waals surface area contributed by atoms with Gasteiger partial charge in [0.05, 0.1) is 0 Å². The molecule has 1 aliphatic heterocycles. The van der Waals surface area contributed by atoms with Crippen molar-refractivity contribution in [2.24, 2.45) is 4.99 Å². The molecule has 1 aromatic heterocycles. The van der Waals surface area contributed by atoms with Crippen LogP contribution in [0.5, 0.6) is 5.75 Å². The van der Waals surface area contributed by atoms with Crippen LogP contribution in [-0.4, -0.2) is 61.2 Å². The topological polar surface area (TPSA) is 65.0 Å². The van der Waals surface area contributed by atoms with Gasteiger partial charge in [0.15, 0.2) is 5.96 Å². The molecule has 2 aromatic rings. The zero-order valence-electron chi connectivity index (χ0n) is 20.2. The Hall–Kier alpha value is -2.80. The highest BCUT2D eigenvalue weighted by molar-refractivity contribution is 5.79. The summed E-state index contributed by atoms with van der Waals surface area (Å²) < 4.78 is 6.09. The number of likely N-dealkylation sites (N-methyl/N-ethyl adjacent to an activating group) is 1. The fourth-order valence-corrected chi connectivity index (χ4v) is 3.67.